The van der Waals surface area contributed by atoms with Crippen molar-refractivity contribution in [3.8, 4) is 0 Å². The first-order valence-electron chi connectivity index (χ1n) is 7.92. The Kier molecular flexibility index (Phi) is 3.44. The molecule has 0 radical (unpaired) electrons. The van der Waals surface area contributed by atoms with Crippen LogP contribution in [0.3, 0.4) is 0 Å². The van der Waals surface area contributed by atoms with Crippen LogP contribution in [0, 0.1) is 5.82 Å². The van der Waals surface area contributed by atoms with Crippen molar-refractivity contribution in [2.75, 3.05) is 13.1 Å². The third-order valence-corrected chi connectivity index (χ3v) is 4.86. The summed E-state index contributed by atoms with van der Waals surface area (Å²) in [5.41, 5.74) is 7.17. The lowest BCUT2D eigenvalue weighted by atomic mass is 10.0. The van der Waals surface area contributed by atoms with Crippen molar-refractivity contribution < 1.29 is 9.50 Å². The van der Waals surface area contributed by atoms with Crippen molar-refractivity contribution in [3.63, 3.8) is 0 Å². The molecule has 1 saturated heterocycles. The number of nitrogens with zero attached hydrogens (tertiary/aromatic N) is 3. The molecule has 0 saturated carbocycles. The Morgan fingerprint density at radius 1 is 1.35 bits per heavy atom. The van der Waals surface area contributed by atoms with Crippen molar-refractivity contribution in [3.05, 3.63) is 39.6 Å². The van der Waals surface area contributed by atoms with Crippen LogP contribution < -0.4 is 11.3 Å². The summed E-state index contributed by atoms with van der Waals surface area (Å²) in [5, 5.41) is 10.2. The first kappa shape index (κ1) is 14.7. The highest BCUT2D eigenvalue weighted by Gasteiger charge is 2.30. The fraction of sp³-hybridized carbons (Fsp3) is 0.500. The summed E-state index contributed by atoms with van der Waals surface area (Å²) in [6.45, 7) is 2.12. The van der Waals surface area contributed by atoms with Gasteiger partial charge in [0, 0.05) is 37.3 Å². The van der Waals surface area contributed by atoms with Crippen LogP contribution in [0.15, 0.2) is 16.9 Å². The topological polar surface area (TPSA) is 84.4 Å². The largest absolute Gasteiger partial charge is 0.386 e. The number of nitrogens with two attached hydrogens (primary N) is 1. The summed E-state index contributed by atoms with van der Waals surface area (Å²) in [7, 11) is 0. The zero-order valence-electron chi connectivity index (χ0n) is 12.7. The summed E-state index contributed by atoms with van der Waals surface area (Å²) in [6, 6.07) is 3.23. The second-order valence-electron chi connectivity index (χ2n) is 6.43. The molecule has 122 valence electrons. The number of pyridine rings is 2. The Labute approximate surface area is 132 Å². The molecular weight excluding hydrogens is 299 g/mol. The summed E-state index contributed by atoms with van der Waals surface area (Å²) in [5.74, 6) is -0.489. The zero-order chi connectivity index (χ0) is 16.1. The standard InChI is InChI=1S/C16H19FN4O2/c17-15-11(7-20-5-3-9(18)4-6-20)19-10-1-2-13(23)21-8-12(22)14(15)16(10)21/h1-2,9,12,22H,3-8,18H2/t12-/m0/s1. The van der Waals surface area contributed by atoms with Gasteiger partial charge in [0.05, 0.1) is 23.3 Å². The predicted octanol–water partition coefficient (Wildman–Crippen LogP) is 0.506. The molecule has 2 aromatic heterocycles. The first-order chi connectivity index (χ1) is 11.0. The molecule has 2 aromatic rings. The maximum atomic E-state index is 14.9. The summed E-state index contributed by atoms with van der Waals surface area (Å²) in [6.07, 6.45) is 0.790. The van der Waals surface area contributed by atoms with Gasteiger partial charge in [0.2, 0.25) is 0 Å². The summed E-state index contributed by atoms with van der Waals surface area (Å²) in [4.78, 5) is 18.4. The van der Waals surface area contributed by atoms with E-state index in [1.807, 2.05) is 0 Å². The van der Waals surface area contributed by atoms with Gasteiger partial charge >= 0.3 is 0 Å². The van der Waals surface area contributed by atoms with Crippen molar-refractivity contribution in [1.29, 1.82) is 0 Å². The molecule has 6 nitrogen and oxygen atoms in total. The van der Waals surface area contributed by atoms with Gasteiger partial charge in [-0.25, -0.2) is 9.37 Å². The number of hydrogen-bond donors (Lipinski definition) is 2. The highest BCUT2D eigenvalue weighted by molar-refractivity contribution is 5.80. The lowest BCUT2D eigenvalue weighted by Gasteiger charge is -2.29. The minimum atomic E-state index is -0.996. The molecule has 0 spiro atoms. The molecule has 0 aliphatic carbocycles. The maximum Gasteiger partial charge on any atom is 0.251 e. The fourth-order valence-electron chi connectivity index (χ4n) is 3.57. The molecule has 4 rings (SSSR count). The van der Waals surface area contributed by atoms with E-state index in [0.29, 0.717) is 23.3 Å². The number of rotatable bonds is 2. The Hall–Kier alpha value is -1.83. The van der Waals surface area contributed by atoms with Crippen LogP contribution in [-0.4, -0.2) is 38.7 Å². The number of aliphatic hydroxyl groups excluding tert-OH is 1. The summed E-state index contributed by atoms with van der Waals surface area (Å²) < 4.78 is 16.3. The van der Waals surface area contributed by atoms with Crippen molar-refractivity contribution in [2.24, 2.45) is 5.73 Å². The van der Waals surface area contributed by atoms with Gasteiger partial charge in [-0.3, -0.25) is 9.69 Å². The van der Waals surface area contributed by atoms with Gasteiger partial charge in [-0.05, 0) is 18.9 Å². The Morgan fingerprint density at radius 2 is 2.09 bits per heavy atom. The molecule has 23 heavy (non-hydrogen) atoms. The lowest BCUT2D eigenvalue weighted by molar-refractivity contribution is 0.163. The Bertz CT molecular complexity index is 827. The molecule has 0 unspecified atom stereocenters. The number of aliphatic hydroxyl groups is 1. The molecule has 0 bridgehead atoms. The van der Waals surface area contributed by atoms with E-state index in [4.69, 9.17) is 5.73 Å². The fourth-order valence-corrected chi connectivity index (χ4v) is 3.57. The minimum absolute atomic E-state index is 0.0894. The van der Waals surface area contributed by atoms with Gasteiger partial charge in [0.1, 0.15) is 6.10 Å². The van der Waals surface area contributed by atoms with Gasteiger partial charge in [0.25, 0.3) is 5.56 Å². The van der Waals surface area contributed by atoms with Crippen molar-refractivity contribution in [1.82, 2.24) is 14.5 Å². The van der Waals surface area contributed by atoms with Crippen LogP contribution in [0.2, 0.25) is 0 Å². The van der Waals surface area contributed by atoms with E-state index in [0.717, 1.165) is 25.9 Å². The van der Waals surface area contributed by atoms with E-state index >= 15 is 0 Å². The second-order valence-corrected chi connectivity index (χ2v) is 6.43. The quantitative estimate of drug-likeness (QED) is 0.843. The summed E-state index contributed by atoms with van der Waals surface area (Å²) >= 11 is 0. The third kappa shape index (κ3) is 2.36. The smallest absolute Gasteiger partial charge is 0.251 e. The van der Waals surface area contributed by atoms with E-state index in [1.165, 1.54) is 10.6 Å². The molecule has 2 aliphatic heterocycles. The van der Waals surface area contributed by atoms with Gasteiger partial charge in [0.15, 0.2) is 5.82 Å². The normalized spacial score (nSPS) is 22.1. The van der Waals surface area contributed by atoms with Crippen LogP contribution >= 0.6 is 0 Å². The number of halogens is 1. The number of hydrogen-bond acceptors (Lipinski definition) is 5. The predicted molar refractivity (Wildman–Crippen MR) is 83.4 cm³/mol. The molecule has 0 amide bonds. The minimum Gasteiger partial charge on any atom is -0.386 e. The van der Waals surface area contributed by atoms with Crippen molar-refractivity contribution >= 4 is 11.0 Å². The molecule has 2 aliphatic rings. The van der Waals surface area contributed by atoms with E-state index < -0.39 is 11.9 Å². The van der Waals surface area contributed by atoms with Gasteiger partial charge in [-0.1, -0.05) is 0 Å². The molecule has 1 fully saturated rings. The van der Waals surface area contributed by atoms with E-state index in [2.05, 4.69) is 9.88 Å². The first-order valence-corrected chi connectivity index (χ1v) is 7.92. The van der Waals surface area contributed by atoms with Gasteiger partial charge in [-0.15, -0.1) is 0 Å². The lowest BCUT2D eigenvalue weighted by Crippen LogP contribution is -2.39. The Morgan fingerprint density at radius 3 is 2.83 bits per heavy atom. The van der Waals surface area contributed by atoms with E-state index in [9.17, 15) is 14.3 Å². The molecule has 7 heteroatoms. The number of aromatic nitrogens is 2. The van der Waals surface area contributed by atoms with Gasteiger partial charge < -0.3 is 15.4 Å². The second kappa shape index (κ2) is 5.36. The highest BCUT2D eigenvalue weighted by atomic mass is 19.1. The molecule has 4 heterocycles. The number of piperidine rings is 1. The maximum absolute atomic E-state index is 14.9. The van der Waals surface area contributed by atoms with Crippen LogP contribution in [0.1, 0.15) is 30.2 Å². The van der Waals surface area contributed by atoms with Crippen LogP contribution in [0.5, 0.6) is 0 Å². The average molecular weight is 318 g/mol. The van der Waals surface area contributed by atoms with E-state index in [1.54, 1.807) is 6.07 Å². The molecule has 0 aromatic carbocycles. The molecular formula is C16H19FN4O2. The monoisotopic (exact) mass is 318 g/mol. The zero-order valence-corrected chi connectivity index (χ0v) is 12.7. The third-order valence-electron chi connectivity index (χ3n) is 4.86. The highest BCUT2D eigenvalue weighted by Crippen LogP contribution is 2.33. The van der Waals surface area contributed by atoms with Crippen molar-refractivity contribution in [2.45, 2.75) is 38.1 Å². The van der Waals surface area contributed by atoms with Crippen LogP contribution in [-0.2, 0) is 13.1 Å². The van der Waals surface area contributed by atoms with Crippen LogP contribution in [0.25, 0.3) is 11.0 Å². The Balaban J connectivity index is 1.77. The number of likely N-dealkylation sites (tertiary alicyclic amines) is 1. The molecule has 3 N–H and O–H groups in total. The molecule has 1 atom stereocenters. The van der Waals surface area contributed by atoms with Crippen LogP contribution in [0.4, 0.5) is 4.39 Å². The average Bonchev–Trinajstić information content (AvgIpc) is 2.89. The van der Waals surface area contributed by atoms with Gasteiger partial charge in [-0.2, -0.15) is 0 Å². The SMILES string of the molecule is NC1CCN(Cc2nc3ccc(=O)n4c3c(c2F)[C@@H](O)C4)CC1. The van der Waals surface area contributed by atoms with E-state index in [-0.39, 0.29) is 23.7 Å².